The van der Waals surface area contributed by atoms with Gasteiger partial charge in [-0.3, -0.25) is 0 Å². The minimum absolute atomic E-state index is 0.348. The Hall–Kier alpha value is -1.43. The SMILES string of the molecule is CC(=O)O[C@@H]1[C@@H](OC(C)=O)[C@H](C)O[C@@H](F)[C@@H]1[Se]c1ccccc1. The van der Waals surface area contributed by atoms with Crippen LogP contribution in [0, 0.1) is 0 Å². The van der Waals surface area contributed by atoms with Crippen LogP contribution in [0.2, 0.25) is 4.82 Å². The maximum absolute atomic E-state index is 14.5. The van der Waals surface area contributed by atoms with Crippen LogP contribution >= 0.6 is 0 Å². The minimum atomic E-state index is -1.58. The van der Waals surface area contributed by atoms with Gasteiger partial charge in [0.2, 0.25) is 0 Å². The molecule has 0 radical (unpaired) electrons. The Morgan fingerprint density at radius 3 is 2.22 bits per heavy atom. The van der Waals surface area contributed by atoms with Gasteiger partial charge < -0.3 is 0 Å². The van der Waals surface area contributed by atoms with Gasteiger partial charge in [0.1, 0.15) is 0 Å². The van der Waals surface area contributed by atoms with Crippen LogP contribution in [-0.4, -0.2) is 51.6 Å². The molecule has 1 heterocycles. The van der Waals surface area contributed by atoms with Crippen LogP contribution < -0.4 is 4.46 Å². The van der Waals surface area contributed by atoms with E-state index in [0.29, 0.717) is 0 Å². The first kappa shape index (κ1) is 17.9. The van der Waals surface area contributed by atoms with Gasteiger partial charge in [-0.1, -0.05) is 0 Å². The molecule has 0 saturated carbocycles. The van der Waals surface area contributed by atoms with Gasteiger partial charge in [-0.05, 0) is 0 Å². The number of carbonyl (C=O) groups excluding carboxylic acids is 2. The summed E-state index contributed by atoms with van der Waals surface area (Å²) in [6, 6.07) is 9.37. The van der Waals surface area contributed by atoms with E-state index in [1.54, 1.807) is 6.92 Å². The van der Waals surface area contributed by atoms with Crippen LogP contribution in [0.5, 0.6) is 0 Å². The third kappa shape index (κ3) is 4.77. The third-order valence-corrected chi connectivity index (χ3v) is 6.06. The third-order valence-electron chi connectivity index (χ3n) is 3.33. The molecule has 1 aromatic carbocycles. The second-order valence-corrected chi connectivity index (χ2v) is 7.86. The summed E-state index contributed by atoms with van der Waals surface area (Å²) in [4.78, 5) is 22.1. The first-order valence-corrected chi connectivity index (χ1v) is 9.08. The summed E-state index contributed by atoms with van der Waals surface area (Å²) in [5, 5.41) is 0. The van der Waals surface area contributed by atoms with E-state index in [2.05, 4.69) is 0 Å². The number of carbonyl (C=O) groups is 2. The van der Waals surface area contributed by atoms with Gasteiger partial charge >= 0.3 is 140 Å². The van der Waals surface area contributed by atoms with Gasteiger partial charge in [0, 0.05) is 0 Å². The summed E-state index contributed by atoms with van der Waals surface area (Å²) in [5.74, 6) is -1.06. The topological polar surface area (TPSA) is 61.8 Å². The number of hydrogen-bond acceptors (Lipinski definition) is 5. The van der Waals surface area contributed by atoms with Gasteiger partial charge in [0.25, 0.3) is 0 Å². The zero-order chi connectivity index (χ0) is 17.0. The second kappa shape index (κ2) is 7.90. The Labute approximate surface area is 140 Å². The molecule has 2 rings (SSSR count). The standard InChI is InChI=1S/C16H19FO5Se/c1-9-13(21-10(2)18)14(22-11(3)19)15(16(17)20-9)23-12-7-5-4-6-8-12/h4-9,13-16H,1-3H3/t9-,13-,14+,15+,16+/m0/s1. The molecule has 0 aromatic heterocycles. The number of benzene rings is 1. The molecule has 1 aromatic rings. The molecule has 23 heavy (non-hydrogen) atoms. The summed E-state index contributed by atoms with van der Waals surface area (Å²) < 4.78 is 31.2. The molecule has 0 bridgehead atoms. The molecule has 0 amide bonds. The molecule has 1 aliphatic heterocycles. The van der Waals surface area contributed by atoms with Gasteiger partial charge in [-0.2, -0.15) is 0 Å². The Bertz CT molecular complexity index is 553. The van der Waals surface area contributed by atoms with Crippen LogP contribution in [0.25, 0.3) is 0 Å². The molecule has 0 aliphatic carbocycles. The Kier molecular flexibility index (Phi) is 6.16. The number of esters is 2. The molecule has 5 nitrogen and oxygen atoms in total. The molecule has 5 atom stereocenters. The normalized spacial score (nSPS) is 30.5. The Morgan fingerprint density at radius 2 is 1.65 bits per heavy atom. The monoisotopic (exact) mass is 390 g/mol. The first-order valence-electron chi connectivity index (χ1n) is 7.24. The van der Waals surface area contributed by atoms with E-state index < -0.39 is 41.4 Å². The number of rotatable bonds is 4. The molecule has 126 valence electrons. The fraction of sp³-hybridized carbons (Fsp3) is 0.500. The van der Waals surface area contributed by atoms with E-state index in [0.717, 1.165) is 4.46 Å². The predicted octanol–water partition coefficient (Wildman–Crippen LogP) is 1.38. The quantitative estimate of drug-likeness (QED) is 0.575. The van der Waals surface area contributed by atoms with Gasteiger partial charge in [-0.25, -0.2) is 0 Å². The van der Waals surface area contributed by atoms with Gasteiger partial charge in [0.15, 0.2) is 0 Å². The van der Waals surface area contributed by atoms with Crippen molar-refractivity contribution in [2.45, 2.75) is 50.3 Å². The van der Waals surface area contributed by atoms with Crippen molar-refractivity contribution in [2.24, 2.45) is 0 Å². The fourth-order valence-corrected chi connectivity index (χ4v) is 4.82. The van der Waals surface area contributed by atoms with Crippen LogP contribution in [0.1, 0.15) is 20.8 Å². The number of hydrogen-bond donors (Lipinski definition) is 0. The number of halogens is 1. The average molecular weight is 389 g/mol. The summed E-state index contributed by atoms with van der Waals surface area (Å²) in [6.07, 6.45) is -3.96. The summed E-state index contributed by atoms with van der Waals surface area (Å²) in [7, 11) is 0. The molecule has 7 heteroatoms. The van der Waals surface area contributed by atoms with Crippen LogP contribution in [0.15, 0.2) is 30.3 Å². The summed E-state index contributed by atoms with van der Waals surface area (Å²) in [5.41, 5.74) is 0. The molecule has 1 fully saturated rings. The number of ether oxygens (including phenoxy) is 3. The van der Waals surface area contributed by atoms with Gasteiger partial charge in [0.05, 0.1) is 0 Å². The Balaban J connectivity index is 2.26. The maximum atomic E-state index is 14.5. The summed E-state index contributed by atoms with van der Waals surface area (Å²) >= 11 is -0.348. The summed E-state index contributed by atoms with van der Waals surface area (Å²) in [6.45, 7) is 4.11. The molecule has 0 unspecified atom stereocenters. The molecular weight excluding hydrogens is 370 g/mol. The van der Waals surface area contributed by atoms with E-state index in [1.807, 2.05) is 30.3 Å². The zero-order valence-corrected chi connectivity index (χ0v) is 14.8. The van der Waals surface area contributed by atoms with Crippen molar-refractivity contribution in [2.75, 3.05) is 0 Å². The Morgan fingerprint density at radius 1 is 1.09 bits per heavy atom. The zero-order valence-electron chi connectivity index (χ0n) is 13.1. The van der Waals surface area contributed by atoms with Crippen molar-refractivity contribution in [1.29, 1.82) is 0 Å². The van der Waals surface area contributed by atoms with E-state index in [4.69, 9.17) is 14.2 Å². The van der Waals surface area contributed by atoms with Crippen LogP contribution in [-0.2, 0) is 23.8 Å². The number of alkyl halides is 1. The van der Waals surface area contributed by atoms with Crippen molar-refractivity contribution in [3.8, 4) is 0 Å². The fourth-order valence-electron chi connectivity index (χ4n) is 2.42. The second-order valence-electron chi connectivity index (χ2n) is 5.24. The van der Waals surface area contributed by atoms with Crippen molar-refractivity contribution in [3.05, 3.63) is 30.3 Å². The van der Waals surface area contributed by atoms with Crippen molar-refractivity contribution in [1.82, 2.24) is 0 Å². The molecule has 1 aliphatic rings. The van der Waals surface area contributed by atoms with Crippen molar-refractivity contribution in [3.63, 3.8) is 0 Å². The van der Waals surface area contributed by atoms with E-state index in [9.17, 15) is 14.0 Å². The van der Waals surface area contributed by atoms with Crippen LogP contribution in [0.4, 0.5) is 4.39 Å². The van der Waals surface area contributed by atoms with E-state index in [-0.39, 0.29) is 15.0 Å². The van der Waals surface area contributed by atoms with Crippen LogP contribution in [0.3, 0.4) is 0 Å². The van der Waals surface area contributed by atoms with E-state index >= 15 is 0 Å². The molecule has 0 N–H and O–H groups in total. The first-order chi connectivity index (χ1) is 10.9. The van der Waals surface area contributed by atoms with Crippen molar-refractivity contribution >= 4 is 31.4 Å². The predicted molar refractivity (Wildman–Crippen MR) is 82.1 cm³/mol. The molecule has 1 saturated heterocycles. The molecule has 0 spiro atoms. The average Bonchev–Trinajstić information content (AvgIpc) is 2.47. The van der Waals surface area contributed by atoms with Gasteiger partial charge in [-0.15, -0.1) is 0 Å². The van der Waals surface area contributed by atoms with Crippen molar-refractivity contribution < 1.29 is 28.2 Å². The van der Waals surface area contributed by atoms with E-state index in [1.165, 1.54) is 13.8 Å². The molecular formula is C16H19FO5Se.